The van der Waals surface area contributed by atoms with Gasteiger partial charge in [-0.3, -0.25) is 38.1 Å². The maximum atomic E-state index is 14.3. The molecule has 2 aromatic heterocycles. The Labute approximate surface area is 482 Å². The summed E-state index contributed by atoms with van der Waals surface area (Å²) in [7, 11) is 3.43. The van der Waals surface area contributed by atoms with E-state index in [1.165, 1.54) is 11.1 Å². The lowest BCUT2D eigenvalue weighted by Crippen LogP contribution is -2.58. The number of likely N-dealkylation sites (N-methyl/N-ethyl adjacent to an activating group) is 2. The third kappa shape index (κ3) is 14.8. The minimum Gasteiger partial charge on any atom is -0.343 e. The summed E-state index contributed by atoms with van der Waals surface area (Å²) in [6, 6.07) is 23.5. The number of nitrogens with one attached hydrogen (secondary N) is 6. The molecule has 6 heterocycles. The predicted molar refractivity (Wildman–Crippen MR) is 310 cm³/mol. The van der Waals surface area contributed by atoms with Gasteiger partial charge in [0.15, 0.2) is 0 Å². The zero-order chi connectivity index (χ0) is 57.5. The van der Waals surface area contributed by atoms with Gasteiger partial charge in [0.1, 0.15) is 35.6 Å². The number of aromatic nitrogens is 6. The molecule has 0 spiro atoms. The average Bonchev–Trinajstić information content (AvgIpc) is 4.39. The first-order valence-electron chi connectivity index (χ1n) is 30.1. The van der Waals surface area contributed by atoms with Gasteiger partial charge in [0.2, 0.25) is 35.4 Å². The number of hydrogen-bond donors (Lipinski definition) is 6. The Hall–Kier alpha value is -7.32. The van der Waals surface area contributed by atoms with E-state index in [1.807, 2.05) is 82.4 Å². The number of amides is 6. The number of aryl methyl sites for hydroxylation is 4. The van der Waals surface area contributed by atoms with Crippen molar-refractivity contribution in [1.82, 2.24) is 71.7 Å². The van der Waals surface area contributed by atoms with E-state index in [-0.39, 0.29) is 47.5 Å². The lowest BCUT2D eigenvalue weighted by Gasteiger charge is -2.36. The van der Waals surface area contributed by atoms with E-state index in [0.29, 0.717) is 50.2 Å². The second-order valence-electron chi connectivity index (χ2n) is 22.9. The molecule has 10 atom stereocenters. The van der Waals surface area contributed by atoms with E-state index >= 15 is 0 Å². The van der Waals surface area contributed by atoms with Crippen molar-refractivity contribution in [2.75, 3.05) is 14.1 Å². The fourth-order valence-corrected chi connectivity index (χ4v) is 12.3. The third-order valence-electron chi connectivity index (χ3n) is 17.3. The maximum absolute atomic E-state index is 14.3. The topological polar surface area (TPSA) is 242 Å². The summed E-state index contributed by atoms with van der Waals surface area (Å²) in [5, 5.41) is 36.4. The van der Waals surface area contributed by atoms with E-state index in [0.717, 1.165) is 101 Å². The van der Waals surface area contributed by atoms with Gasteiger partial charge in [0, 0.05) is 25.2 Å². The highest BCUT2D eigenvalue weighted by Gasteiger charge is 2.46. The van der Waals surface area contributed by atoms with Crippen LogP contribution in [0.3, 0.4) is 0 Å². The molecule has 9 rings (SSSR count). The molecule has 82 heavy (non-hydrogen) atoms. The lowest BCUT2D eigenvalue weighted by molar-refractivity contribution is -0.144. The highest BCUT2D eigenvalue weighted by molar-refractivity contribution is 5.95. The molecule has 5 aromatic rings. The fraction of sp³-hybridized carbons (Fsp3) is 0.548. The molecule has 4 fully saturated rings. The summed E-state index contributed by atoms with van der Waals surface area (Å²) in [5.41, 5.74) is 5.53. The molecule has 4 aliphatic heterocycles. The third-order valence-corrected chi connectivity index (χ3v) is 17.3. The second-order valence-corrected chi connectivity index (χ2v) is 22.9. The molecular formula is C62H84N14O6. The largest absolute Gasteiger partial charge is 0.343 e. The van der Waals surface area contributed by atoms with Crippen molar-refractivity contribution >= 4 is 35.4 Å². The molecule has 0 aliphatic carbocycles. The molecule has 438 valence electrons. The first kappa shape index (κ1) is 59.3. The van der Waals surface area contributed by atoms with Gasteiger partial charge >= 0.3 is 0 Å². The Morgan fingerprint density at radius 3 is 1.29 bits per heavy atom. The van der Waals surface area contributed by atoms with Gasteiger partial charge in [-0.15, -0.1) is 10.2 Å². The van der Waals surface area contributed by atoms with Crippen LogP contribution in [0, 0.1) is 0 Å². The summed E-state index contributed by atoms with van der Waals surface area (Å²) in [6.07, 6.45) is 18.2. The van der Waals surface area contributed by atoms with E-state index < -0.39 is 48.3 Å². The molecule has 20 nitrogen and oxygen atoms in total. The second kappa shape index (κ2) is 28.6. The number of carbonyl (C=O) groups excluding carboxylic acids is 6. The van der Waals surface area contributed by atoms with E-state index in [4.69, 9.17) is 0 Å². The van der Waals surface area contributed by atoms with Crippen LogP contribution in [0.15, 0.2) is 97.3 Å². The van der Waals surface area contributed by atoms with Crippen LogP contribution < -0.4 is 31.9 Å². The van der Waals surface area contributed by atoms with Crippen molar-refractivity contribution in [3.63, 3.8) is 0 Å². The van der Waals surface area contributed by atoms with Gasteiger partial charge in [-0.1, -0.05) is 121 Å². The number of benzene rings is 3. The summed E-state index contributed by atoms with van der Waals surface area (Å²) in [4.78, 5) is 86.0. The summed E-state index contributed by atoms with van der Waals surface area (Å²) in [6.45, 7) is 4.86. The van der Waals surface area contributed by atoms with E-state index in [2.05, 4.69) is 76.8 Å². The van der Waals surface area contributed by atoms with Gasteiger partial charge in [-0.25, -0.2) is 0 Å². The van der Waals surface area contributed by atoms with Gasteiger partial charge in [-0.2, -0.15) is 0 Å². The maximum Gasteiger partial charge on any atom is 0.246 e. The molecule has 20 heteroatoms. The van der Waals surface area contributed by atoms with Crippen LogP contribution in [0.2, 0.25) is 0 Å². The van der Waals surface area contributed by atoms with Crippen LogP contribution in [0.1, 0.15) is 162 Å². The van der Waals surface area contributed by atoms with Crippen molar-refractivity contribution in [3.8, 4) is 0 Å². The molecule has 0 bridgehead atoms. The zero-order valence-corrected chi connectivity index (χ0v) is 48.2. The number of nitrogens with zero attached hydrogens (tertiary/aromatic N) is 8. The van der Waals surface area contributed by atoms with E-state index in [1.54, 1.807) is 37.7 Å². The van der Waals surface area contributed by atoms with Crippen LogP contribution in [0.4, 0.5) is 0 Å². The van der Waals surface area contributed by atoms with Crippen LogP contribution in [-0.4, -0.2) is 138 Å². The lowest BCUT2D eigenvalue weighted by atomic mass is 9.98. The summed E-state index contributed by atoms with van der Waals surface area (Å²) in [5.74, 6) is -1.31. The SMILES string of the molecule is CN[C@@H](C)C(=O)N[C@H]1CCCC[C@H]2CC[C@@H](C(=O)N[C@H](c3ccccc3)c3cn(CCCCc4ccc(CCCCn5cc([C@@H](NC(=O)[C@@H]6CC[C@@H]7CCCC[C@H](NC(=O)[C@H](C)NC)C(=O)N76)c6ccccc6)nn5)cc4)nn3)N2C1=O. The van der Waals surface area contributed by atoms with Gasteiger partial charge < -0.3 is 41.7 Å². The molecular weight excluding hydrogens is 1040 g/mol. The minimum absolute atomic E-state index is 0.0483. The normalized spacial score (nSPS) is 22.5. The quantitative estimate of drug-likeness (QED) is 0.0427. The fourth-order valence-electron chi connectivity index (χ4n) is 12.3. The minimum atomic E-state index is -0.676. The summed E-state index contributed by atoms with van der Waals surface area (Å²) < 4.78 is 3.68. The first-order valence-corrected chi connectivity index (χ1v) is 30.1. The molecule has 0 radical (unpaired) electrons. The first-order chi connectivity index (χ1) is 39.9. The molecule has 6 amide bonds. The van der Waals surface area contributed by atoms with Crippen LogP contribution >= 0.6 is 0 Å². The molecule has 6 N–H and O–H groups in total. The number of hydrogen-bond acceptors (Lipinski definition) is 12. The highest BCUT2D eigenvalue weighted by Crippen LogP contribution is 2.34. The van der Waals surface area contributed by atoms with Crippen LogP contribution in [-0.2, 0) is 54.7 Å². The zero-order valence-electron chi connectivity index (χ0n) is 48.2. The van der Waals surface area contributed by atoms with Crippen molar-refractivity contribution < 1.29 is 28.8 Å². The standard InChI is InChI=1S/C62H84N14O6/c1-41(63-3)57(77)65-49-27-13-11-25-47-33-35-53(75(47)61(49)81)59(79)67-55(45-21-7-5-8-22-45)51-39-73(71-69-51)37-17-15-19-43-29-31-44(32-30-43)20-16-18-38-74-40-52(70-72-74)56(46-23-9-6-10-24-46)68-60(80)54-36-34-48-26-12-14-28-50(62(82)76(48)54)66-58(78)42(2)64-4/h5-10,21-24,29-32,39-42,47-50,53-56,63-64H,11-20,25-28,33-38H2,1-4H3,(H,65,77)(H,66,78)(H,67,79)(H,68,80)/t41-,42-,47-,48-,49-,50-,53-,54-,55-,56+/m0/s1. The predicted octanol–water partition coefficient (Wildman–Crippen LogP) is 5.38. The Balaban J connectivity index is 0.734. The Bertz CT molecular complexity index is 2720. The number of rotatable bonds is 24. The van der Waals surface area contributed by atoms with Crippen LogP contribution in [0.25, 0.3) is 0 Å². The summed E-state index contributed by atoms with van der Waals surface area (Å²) >= 11 is 0. The average molecular weight is 1120 g/mol. The van der Waals surface area contributed by atoms with Crippen molar-refractivity contribution in [3.05, 3.63) is 131 Å². The molecule has 3 aromatic carbocycles. The van der Waals surface area contributed by atoms with Crippen molar-refractivity contribution in [1.29, 1.82) is 0 Å². The molecule has 0 saturated carbocycles. The number of unbranched alkanes of at least 4 members (excludes halogenated alkanes) is 2. The monoisotopic (exact) mass is 1120 g/mol. The van der Waals surface area contributed by atoms with Gasteiger partial charge in [0.25, 0.3) is 0 Å². The molecule has 0 unspecified atom stereocenters. The Morgan fingerprint density at radius 2 is 0.902 bits per heavy atom. The van der Waals surface area contributed by atoms with E-state index in [9.17, 15) is 28.8 Å². The Kier molecular flexibility index (Phi) is 20.7. The van der Waals surface area contributed by atoms with Crippen molar-refractivity contribution in [2.45, 2.75) is 203 Å². The Morgan fingerprint density at radius 1 is 0.512 bits per heavy atom. The molecule has 4 aliphatic rings. The van der Waals surface area contributed by atoms with Gasteiger partial charge in [-0.05, 0) is 140 Å². The van der Waals surface area contributed by atoms with Crippen molar-refractivity contribution in [2.24, 2.45) is 0 Å². The smallest absolute Gasteiger partial charge is 0.246 e. The number of fused-ring (bicyclic) bond motifs is 2. The highest BCUT2D eigenvalue weighted by atomic mass is 16.2. The molecule has 4 saturated heterocycles. The number of carbonyl (C=O) groups is 6. The van der Waals surface area contributed by atoms with Crippen LogP contribution in [0.5, 0.6) is 0 Å². The van der Waals surface area contributed by atoms with Gasteiger partial charge in [0.05, 0.1) is 36.6 Å².